The molecule has 3 heterocycles. The van der Waals surface area contributed by atoms with E-state index in [9.17, 15) is 18.0 Å². The molecule has 4 rings (SSSR count). The molecule has 0 bridgehead atoms. The highest BCUT2D eigenvalue weighted by Crippen LogP contribution is 2.34. The number of anilines is 2. The maximum absolute atomic E-state index is 13.0. The number of nitrogens with zero attached hydrogens (tertiary/aromatic N) is 5. The molecule has 1 amide bonds. The Balaban J connectivity index is 0.00000324. The third-order valence-corrected chi connectivity index (χ3v) is 6.11. The first kappa shape index (κ1) is 25.5. The molecular formula is C23H27F3N6OS. The molecule has 0 radical (unpaired) electrons. The minimum absolute atomic E-state index is 0. The van der Waals surface area contributed by atoms with Crippen molar-refractivity contribution in [2.75, 3.05) is 17.3 Å². The predicted octanol–water partition coefficient (Wildman–Crippen LogP) is 4.28. The number of aromatic nitrogens is 4. The van der Waals surface area contributed by atoms with Crippen molar-refractivity contribution in [3.8, 4) is 0 Å². The van der Waals surface area contributed by atoms with Gasteiger partial charge in [0.2, 0.25) is 5.91 Å². The summed E-state index contributed by atoms with van der Waals surface area (Å²) in [7, 11) is 1.88. The highest BCUT2D eigenvalue weighted by molar-refractivity contribution is 7.59. The van der Waals surface area contributed by atoms with E-state index in [0.717, 1.165) is 40.6 Å². The molecule has 0 spiro atoms. The quantitative estimate of drug-likeness (QED) is 0.575. The Bertz CT molecular complexity index is 1200. The van der Waals surface area contributed by atoms with Gasteiger partial charge in [-0.2, -0.15) is 26.7 Å². The summed E-state index contributed by atoms with van der Waals surface area (Å²) in [6, 6.07) is 6.55. The zero-order valence-corrected chi connectivity index (χ0v) is 20.3. The molecule has 1 aromatic carbocycles. The summed E-state index contributed by atoms with van der Waals surface area (Å²) >= 11 is 0. The fraction of sp³-hybridized carbons (Fsp3) is 0.391. The molecular weight excluding hydrogens is 465 g/mol. The number of pyridine rings is 1. The number of halogens is 3. The SMILES string of the molecule is Cc1nc(CCc2cn(C(C)c3cccc(C(F)(F)F)c3)nn2)cc2c1NC(=O)[C@H](C)N2C.S. The minimum atomic E-state index is -4.39. The lowest BCUT2D eigenvalue weighted by atomic mass is 10.0. The van der Waals surface area contributed by atoms with Crippen molar-refractivity contribution in [1.82, 2.24) is 20.0 Å². The molecule has 34 heavy (non-hydrogen) atoms. The number of benzene rings is 1. The van der Waals surface area contributed by atoms with Crippen LogP contribution in [-0.2, 0) is 23.8 Å². The summed E-state index contributed by atoms with van der Waals surface area (Å²) in [6.45, 7) is 5.49. The number of hydrogen-bond acceptors (Lipinski definition) is 5. The summed E-state index contributed by atoms with van der Waals surface area (Å²) in [4.78, 5) is 18.6. The Morgan fingerprint density at radius 3 is 2.59 bits per heavy atom. The lowest BCUT2D eigenvalue weighted by Gasteiger charge is -2.34. The van der Waals surface area contributed by atoms with E-state index in [-0.39, 0.29) is 25.4 Å². The number of aryl methyl sites for hydroxylation is 3. The molecule has 11 heteroatoms. The second-order valence-electron chi connectivity index (χ2n) is 8.36. The third-order valence-electron chi connectivity index (χ3n) is 6.11. The third kappa shape index (κ3) is 5.03. The molecule has 0 saturated heterocycles. The Kier molecular flexibility index (Phi) is 7.25. The van der Waals surface area contributed by atoms with E-state index in [2.05, 4.69) is 20.6 Å². The highest BCUT2D eigenvalue weighted by Gasteiger charge is 2.31. The van der Waals surface area contributed by atoms with Gasteiger partial charge >= 0.3 is 6.18 Å². The van der Waals surface area contributed by atoms with Gasteiger partial charge in [-0.05, 0) is 57.4 Å². The molecule has 2 atom stereocenters. The average molecular weight is 493 g/mol. The average Bonchev–Trinajstić information content (AvgIpc) is 3.25. The van der Waals surface area contributed by atoms with Gasteiger partial charge < -0.3 is 10.2 Å². The zero-order chi connectivity index (χ0) is 23.9. The van der Waals surface area contributed by atoms with Gasteiger partial charge in [0, 0.05) is 18.9 Å². The van der Waals surface area contributed by atoms with Crippen LogP contribution in [0.5, 0.6) is 0 Å². The van der Waals surface area contributed by atoms with Crippen molar-refractivity contribution in [3.63, 3.8) is 0 Å². The first-order valence-electron chi connectivity index (χ1n) is 10.7. The van der Waals surface area contributed by atoms with Crippen molar-refractivity contribution < 1.29 is 18.0 Å². The second-order valence-corrected chi connectivity index (χ2v) is 8.36. The van der Waals surface area contributed by atoms with E-state index in [0.29, 0.717) is 18.4 Å². The molecule has 0 aliphatic carbocycles. The zero-order valence-electron chi connectivity index (χ0n) is 19.3. The fourth-order valence-electron chi connectivity index (χ4n) is 3.89. The van der Waals surface area contributed by atoms with Gasteiger partial charge in [0.15, 0.2) is 0 Å². The van der Waals surface area contributed by atoms with Crippen molar-refractivity contribution in [2.45, 2.75) is 51.9 Å². The Morgan fingerprint density at radius 1 is 1.18 bits per heavy atom. The number of likely N-dealkylation sites (N-methyl/N-ethyl adjacent to an activating group) is 1. The number of nitrogens with one attached hydrogen (secondary N) is 1. The maximum atomic E-state index is 13.0. The topological polar surface area (TPSA) is 75.9 Å². The molecule has 2 aromatic heterocycles. The molecule has 1 unspecified atom stereocenters. The number of carbonyl (C=O) groups excluding carboxylic acids is 1. The largest absolute Gasteiger partial charge is 0.416 e. The summed E-state index contributed by atoms with van der Waals surface area (Å²) < 4.78 is 40.7. The van der Waals surface area contributed by atoms with Crippen LogP contribution in [0.1, 0.15) is 48.1 Å². The van der Waals surface area contributed by atoms with Gasteiger partial charge in [0.1, 0.15) is 6.04 Å². The molecule has 0 fully saturated rings. The smallest absolute Gasteiger partial charge is 0.361 e. The van der Waals surface area contributed by atoms with Gasteiger partial charge in [-0.3, -0.25) is 9.78 Å². The predicted molar refractivity (Wildman–Crippen MR) is 129 cm³/mol. The molecule has 1 aliphatic rings. The summed E-state index contributed by atoms with van der Waals surface area (Å²) in [5, 5.41) is 11.2. The first-order chi connectivity index (χ1) is 15.5. The van der Waals surface area contributed by atoms with E-state index in [4.69, 9.17) is 0 Å². The Hall–Kier alpha value is -3.08. The number of alkyl halides is 3. The molecule has 3 aromatic rings. The van der Waals surface area contributed by atoms with Crippen molar-refractivity contribution in [3.05, 3.63) is 64.7 Å². The Morgan fingerprint density at radius 2 is 1.88 bits per heavy atom. The van der Waals surface area contributed by atoms with Crippen LogP contribution in [0.4, 0.5) is 24.5 Å². The van der Waals surface area contributed by atoms with Crippen LogP contribution < -0.4 is 10.2 Å². The van der Waals surface area contributed by atoms with Crippen LogP contribution in [-0.4, -0.2) is 39.0 Å². The van der Waals surface area contributed by atoms with E-state index >= 15 is 0 Å². The van der Waals surface area contributed by atoms with Crippen LogP contribution in [0.25, 0.3) is 0 Å². The van der Waals surface area contributed by atoms with Gasteiger partial charge in [0.25, 0.3) is 0 Å². The highest BCUT2D eigenvalue weighted by atomic mass is 32.1. The van der Waals surface area contributed by atoms with Crippen LogP contribution in [0.3, 0.4) is 0 Å². The molecule has 1 aliphatic heterocycles. The maximum Gasteiger partial charge on any atom is 0.416 e. The monoisotopic (exact) mass is 492 g/mol. The Labute approximate surface area is 202 Å². The normalized spacial score (nSPS) is 16.5. The van der Waals surface area contributed by atoms with Crippen LogP contribution in [0.2, 0.25) is 0 Å². The van der Waals surface area contributed by atoms with Crippen LogP contribution in [0, 0.1) is 6.92 Å². The van der Waals surface area contributed by atoms with Gasteiger partial charge in [-0.1, -0.05) is 17.3 Å². The number of carbonyl (C=O) groups is 1. The number of hydrogen-bond donors (Lipinski definition) is 1. The molecule has 1 N–H and O–H groups in total. The van der Waals surface area contributed by atoms with Crippen molar-refractivity contribution in [2.24, 2.45) is 0 Å². The first-order valence-corrected chi connectivity index (χ1v) is 10.7. The fourth-order valence-corrected chi connectivity index (χ4v) is 3.89. The number of fused-ring (bicyclic) bond motifs is 1. The van der Waals surface area contributed by atoms with Gasteiger partial charge in [-0.15, -0.1) is 5.10 Å². The molecule has 0 saturated carbocycles. The summed E-state index contributed by atoms with van der Waals surface area (Å²) in [5.74, 6) is -0.0610. The summed E-state index contributed by atoms with van der Waals surface area (Å²) in [5.41, 5.74) is 3.81. The lowest BCUT2D eigenvalue weighted by Crippen LogP contribution is -2.44. The van der Waals surface area contributed by atoms with Gasteiger partial charge in [0.05, 0.1) is 34.4 Å². The van der Waals surface area contributed by atoms with E-state index in [1.54, 1.807) is 23.9 Å². The molecule has 7 nitrogen and oxygen atoms in total. The van der Waals surface area contributed by atoms with E-state index < -0.39 is 17.8 Å². The number of amides is 1. The molecule has 182 valence electrons. The minimum Gasteiger partial charge on any atom is -0.361 e. The van der Waals surface area contributed by atoms with E-state index in [1.807, 2.05) is 31.9 Å². The standard InChI is InChI=1S/C23H25F3N6O.H2S/c1-13-21-20(31(4)15(3)22(33)28-21)11-18(27-13)8-9-19-12-32(30-29-19)14(2)16-6-5-7-17(10-16)23(24,25)26;/h5-7,10-12,14-15H,8-9H2,1-4H3,(H,28,33);1H2/t14?,15-;/m0./s1. The van der Waals surface area contributed by atoms with Crippen molar-refractivity contribution >= 4 is 30.8 Å². The lowest BCUT2D eigenvalue weighted by molar-refractivity contribution is -0.137. The summed E-state index contributed by atoms with van der Waals surface area (Å²) in [6.07, 6.45) is -1.45. The van der Waals surface area contributed by atoms with E-state index in [1.165, 1.54) is 6.07 Å². The van der Waals surface area contributed by atoms with Gasteiger partial charge in [-0.25, -0.2) is 4.68 Å². The van der Waals surface area contributed by atoms with Crippen molar-refractivity contribution in [1.29, 1.82) is 0 Å². The van der Waals surface area contributed by atoms with Crippen LogP contribution >= 0.6 is 13.5 Å². The number of rotatable bonds is 5. The van der Waals surface area contributed by atoms with Crippen LogP contribution in [0.15, 0.2) is 36.5 Å². The second kappa shape index (κ2) is 9.65.